The van der Waals surface area contributed by atoms with Gasteiger partial charge in [0.05, 0.1) is 0 Å². The van der Waals surface area contributed by atoms with Crippen molar-refractivity contribution in [3.8, 4) is 0 Å². The molecule has 1 rings (SSSR count). The number of ether oxygens (including phenoxy) is 1. The maximum atomic E-state index is 10.5. The van der Waals surface area contributed by atoms with Gasteiger partial charge in [0.2, 0.25) is 0 Å². The van der Waals surface area contributed by atoms with Gasteiger partial charge in [0.1, 0.15) is 6.10 Å². The fraction of sp³-hybridized carbons (Fsp3) is 0.600. The highest BCUT2D eigenvalue weighted by Crippen LogP contribution is 1.97. The molecule has 1 aliphatic heterocycles. The zero-order valence-corrected chi connectivity index (χ0v) is 5.66. The van der Waals surface area contributed by atoms with E-state index < -0.39 is 12.2 Å². The van der Waals surface area contributed by atoms with Gasteiger partial charge in [-0.05, 0) is 0 Å². The molecule has 0 aromatic heterocycles. The number of imide groups is 1. The van der Waals surface area contributed by atoms with Gasteiger partial charge in [0.15, 0.2) is 0 Å². The molecule has 2 amide bonds. The fourth-order valence-electron chi connectivity index (χ4n) is 0.614. The molecular formula is C5H8N2O4. The fourth-order valence-corrected chi connectivity index (χ4v) is 0.614. The molecule has 0 aromatic carbocycles. The minimum Gasteiger partial charge on any atom is -0.465 e. The van der Waals surface area contributed by atoms with E-state index in [1.807, 2.05) is 0 Å². The summed E-state index contributed by atoms with van der Waals surface area (Å²) in [5.41, 5.74) is 0. The minimum atomic E-state index is -1.40. The van der Waals surface area contributed by atoms with Crippen LogP contribution in [0.4, 0.5) is 9.59 Å². The van der Waals surface area contributed by atoms with Gasteiger partial charge >= 0.3 is 12.2 Å². The first-order valence-electron chi connectivity index (χ1n) is 3.10. The lowest BCUT2D eigenvalue weighted by Gasteiger charge is -2.26. The smallest absolute Gasteiger partial charge is 0.416 e. The molecule has 6 nitrogen and oxygen atoms in total. The van der Waals surface area contributed by atoms with Gasteiger partial charge in [-0.25, -0.2) is 14.9 Å². The zero-order chi connectivity index (χ0) is 8.27. The molecule has 6 heteroatoms. The quantitative estimate of drug-likeness (QED) is 0.475. The SMILES string of the molecule is O=C(O)NC(=O)OC1CNC1. The summed E-state index contributed by atoms with van der Waals surface area (Å²) in [6.45, 7) is 1.18. The highest BCUT2D eigenvalue weighted by Gasteiger charge is 2.21. The Labute approximate surface area is 62.5 Å². The van der Waals surface area contributed by atoms with Crippen LogP contribution in [-0.2, 0) is 4.74 Å². The summed E-state index contributed by atoms with van der Waals surface area (Å²) in [6, 6.07) is 0. The molecule has 1 heterocycles. The minimum absolute atomic E-state index is 0.186. The van der Waals surface area contributed by atoms with Crippen molar-refractivity contribution in [2.24, 2.45) is 0 Å². The van der Waals surface area contributed by atoms with Crippen LogP contribution >= 0.6 is 0 Å². The van der Waals surface area contributed by atoms with Gasteiger partial charge in [0, 0.05) is 13.1 Å². The predicted octanol–water partition coefficient (Wildman–Crippen LogP) is -0.638. The van der Waals surface area contributed by atoms with Crippen LogP contribution in [0, 0.1) is 0 Å². The number of amides is 2. The number of rotatable bonds is 1. The average Bonchev–Trinajstić information content (AvgIpc) is 1.77. The first-order valence-corrected chi connectivity index (χ1v) is 3.10. The van der Waals surface area contributed by atoms with E-state index in [0.717, 1.165) is 0 Å². The Hall–Kier alpha value is -1.30. The summed E-state index contributed by atoms with van der Waals surface area (Å²) in [6.07, 6.45) is -2.50. The van der Waals surface area contributed by atoms with E-state index in [1.165, 1.54) is 0 Å². The van der Waals surface area contributed by atoms with Crippen molar-refractivity contribution in [2.75, 3.05) is 13.1 Å². The van der Waals surface area contributed by atoms with Gasteiger partial charge in [-0.1, -0.05) is 0 Å². The highest BCUT2D eigenvalue weighted by molar-refractivity contribution is 5.86. The second-order valence-electron chi connectivity index (χ2n) is 2.12. The normalized spacial score (nSPS) is 16.7. The molecule has 62 valence electrons. The van der Waals surface area contributed by atoms with E-state index in [2.05, 4.69) is 10.1 Å². The molecule has 0 spiro atoms. The Morgan fingerprint density at radius 3 is 2.55 bits per heavy atom. The first kappa shape index (κ1) is 7.80. The van der Waals surface area contributed by atoms with Crippen LogP contribution in [0.5, 0.6) is 0 Å². The van der Waals surface area contributed by atoms with Gasteiger partial charge < -0.3 is 15.2 Å². The molecule has 3 N–H and O–H groups in total. The number of carbonyl (C=O) groups excluding carboxylic acids is 1. The molecule has 0 radical (unpaired) electrons. The van der Waals surface area contributed by atoms with Crippen LogP contribution in [0.15, 0.2) is 0 Å². The number of carboxylic acid groups (broad SMARTS) is 1. The van der Waals surface area contributed by atoms with E-state index >= 15 is 0 Å². The highest BCUT2D eigenvalue weighted by atomic mass is 16.6. The number of hydrogen-bond donors (Lipinski definition) is 3. The summed E-state index contributed by atoms with van der Waals surface area (Å²) in [4.78, 5) is 20.4. The Kier molecular flexibility index (Phi) is 2.27. The third-order valence-electron chi connectivity index (χ3n) is 1.23. The maximum Gasteiger partial charge on any atom is 0.416 e. The number of carbonyl (C=O) groups is 2. The van der Waals surface area contributed by atoms with E-state index in [-0.39, 0.29) is 6.10 Å². The summed E-state index contributed by atoms with van der Waals surface area (Å²) in [5, 5.41) is 12.5. The second-order valence-corrected chi connectivity index (χ2v) is 2.12. The number of nitrogens with one attached hydrogen (secondary N) is 2. The third kappa shape index (κ3) is 2.42. The molecule has 1 aliphatic rings. The molecule has 11 heavy (non-hydrogen) atoms. The Morgan fingerprint density at radius 1 is 1.55 bits per heavy atom. The summed E-state index contributed by atoms with van der Waals surface area (Å²) in [5.74, 6) is 0. The summed E-state index contributed by atoms with van der Waals surface area (Å²) in [7, 11) is 0. The molecule has 0 bridgehead atoms. The largest absolute Gasteiger partial charge is 0.465 e. The number of hydrogen-bond acceptors (Lipinski definition) is 4. The van der Waals surface area contributed by atoms with Crippen molar-refractivity contribution in [1.29, 1.82) is 0 Å². The Bertz CT molecular complexity index is 177. The zero-order valence-electron chi connectivity index (χ0n) is 5.66. The van der Waals surface area contributed by atoms with Crippen molar-refractivity contribution in [3.63, 3.8) is 0 Å². The van der Waals surface area contributed by atoms with E-state index in [1.54, 1.807) is 5.32 Å². The molecule has 0 aliphatic carbocycles. The maximum absolute atomic E-state index is 10.5. The second kappa shape index (κ2) is 3.20. The monoisotopic (exact) mass is 160 g/mol. The van der Waals surface area contributed by atoms with Crippen molar-refractivity contribution in [3.05, 3.63) is 0 Å². The lowest BCUT2D eigenvalue weighted by Crippen LogP contribution is -2.51. The number of alkyl carbamates (subject to hydrolysis) is 1. The molecule has 0 aromatic rings. The van der Waals surface area contributed by atoms with Crippen LogP contribution in [0.2, 0.25) is 0 Å². The van der Waals surface area contributed by atoms with Crippen molar-refractivity contribution < 1.29 is 19.4 Å². The van der Waals surface area contributed by atoms with Crippen LogP contribution in [0.3, 0.4) is 0 Å². The van der Waals surface area contributed by atoms with Crippen LogP contribution in [0.25, 0.3) is 0 Å². The Balaban J connectivity index is 2.14. The molecular weight excluding hydrogens is 152 g/mol. The average molecular weight is 160 g/mol. The third-order valence-corrected chi connectivity index (χ3v) is 1.23. The molecule has 0 saturated carbocycles. The predicted molar refractivity (Wildman–Crippen MR) is 34.3 cm³/mol. The molecule has 1 saturated heterocycles. The van der Waals surface area contributed by atoms with Crippen molar-refractivity contribution >= 4 is 12.2 Å². The lowest BCUT2D eigenvalue weighted by molar-refractivity contribution is 0.0671. The summed E-state index contributed by atoms with van der Waals surface area (Å²) < 4.78 is 4.60. The standard InChI is InChI=1S/C5H8N2O4/c8-4(9)7-5(10)11-3-1-6-2-3/h3,6H,1-2H2,(H,7,10)(H,8,9). The Morgan fingerprint density at radius 2 is 2.18 bits per heavy atom. The van der Waals surface area contributed by atoms with Crippen LogP contribution in [0.1, 0.15) is 0 Å². The van der Waals surface area contributed by atoms with Gasteiger partial charge in [-0.3, -0.25) is 0 Å². The summed E-state index contributed by atoms with van der Waals surface area (Å²) >= 11 is 0. The topological polar surface area (TPSA) is 87.7 Å². The molecule has 1 fully saturated rings. The molecule has 0 atom stereocenters. The van der Waals surface area contributed by atoms with Gasteiger partial charge in [0.25, 0.3) is 0 Å². The van der Waals surface area contributed by atoms with Gasteiger partial charge in [-0.2, -0.15) is 0 Å². The van der Waals surface area contributed by atoms with Gasteiger partial charge in [-0.15, -0.1) is 0 Å². The van der Waals surface area contributed by atoms with Crippen LogP contribution in [-0.4, -0.2) is 36.5 Å². The van der Waals surface area contributed by atoms with Crippen molar-refractivity contribution in [2.45, 2.75) is 6.10 Å². The van der Waals surface area contributed by atoms with E-state index in [9.17, 15) is 9.59 Å². The first-order chi connectivity index (χ1) is 5.18. The van der Waals surface area contributed by atoms with E-state index in [0.29, 0.717) is 13.1 Å². The van der Waals surface area contributed by atoms with Crippen molar-refractivity contribution in [1.82, 2.24) is 10.6 Å². The van der Waals surface area contributed by atoms with Crippen LogP contribution < -0.4 is 10.6 Å². The van der Waals surface area contributed by atoms with E-state index in [4.69, 9.17) is 5.11 Å². The molecule has 0 unspecified atom stereocenters. The lowest BCUT2D eigenvalue weighted by atomic mass is 10.2.